The Morgan fingerprint density at radius 2 is 1.38 bits per heavy atom. The highest BCUT2D eigenvalue weighted by Crippen LogP contribution is 2.09. The third-order valence-corrected chi connectivity index (χ3v) is 1.57. The molecule has 0 bridgehead atoms. The van der Waals surface area contributed by atoms with Gasteiger partial charge in [-0.05, 0) is 0 Å². The van der Waals surface area contributed by atoms with Crippen molar-refractivity contribution in [3.63, 3.8) is 0 Å². The van der Waals surface area contributed by atoms with Crippen molar-refractivity contribution in [3.05, 3.63) is 10.8 Å². The Labute approximate surface area is 124 Å². The van der Waals surface area contributed by atoms with E-state index in [9.17, 15) is 19.2 Å². The Morgan fingerprint density at radius 3 is 1.67 bits per heavy atom. The van der Waals surface area contributed by atoms with E-state index in [1.54, 1.807) is 5.92 Å². The molecule has 21 heavy (non-hydrogen) atoms. The summed E-state index contributed by atoms with van der Waals surface area (Å²) in [5.41, 5.74) is 0. The molecule has 0 spiro atoms. The Balaban J connectivity index is -0.000000300. The van der Waals surface area contributed by atoms with Crippen LogP contribution in [-0.4, -0.2) is 49.4 Å². The second kappa shape index (κ2) is 12.3. The lowest BCUT2D eigenvalue weighted by molar-refractivity contribution is -0.137. The van der Waals surface area contributed by atoms with Gasteiger partial charge in [0.05, 0.1) is 0 Å². The molecule has 0 rings (SSSR count). The minimum absolute atomic E-state index is 0. The van der Waals surface area contributed by atoms with Gasteiger partial charge in [0.2, 0.25) is 0 Å². The number of halogens is 1. The molecule has 0 aliphatic heterocycles. The fourth-order valence-electron chi connectivity index (χ4n) is 0.540. The molecule has 0 unspecified atom stereocenters. The monoisotopic (exact) mass is 324 g/mol. The molecular weight excluding hydrogens is 312 g/mol. The van der Waals surface area contributed by atoms with Gasteiger partial charge in [-0.15, -0.1) is 0 Å². The molecule has 0 heterocycles. The molecule has 5 N–H and O–H groups in total. The zero-order chi connectivity index (χ0) is 16.3. The number of hydrogen-bond acceptors (Lipinski definition) is 5. The second-order valence-corrected chi connectivity index (χ2v) is 3.19. The smallest absolute Gasteiger partial charge is 0.381 e. The van der Waals surface area contributed by atoms with E-state index < -0.39 is 47.5 Å². The number of rotatable bonds is 4. The van der Waals surface area contributed by atoms with E-state index in [1.165, 1.54) is 0 Å². The summed E-state index contributed by atoms with van der Waals surface area (Å²) in [6.45, 7) is 0. The molecular formula is C11H13ClO9. The average Bonchev–Trinajstić information content (AvgIpc) is 2.26. The highest BCUT2D eigenvalue weighted by molar-refractivity contribution is 6.41. The largest absolute Gasteiger partial charge is 0.510 e. The molecule has 9 nitrogen and oxygen atoms in total. The summed E-state index contributed by atoms with van der Waals surface area (Å²) in [5.74, 6) is -2.58. The summed E-state index contributed by atoms with van der Waals surface area (Å²) in [7, 11) is 0. The zero-order valence-electron chi connectivity index (χ0n) is 9.66. The Bertz CT molecular complexity index is 496. The molecule has 0 radical (unpaired) electrons. The summed E-state index contributed by atoms with van der Waals surface area (Å²) in [5, 5.41) is 39.8. The fraction of sp³-hybridized carbons (Fsp3) is 0.273. The van der Waals surface area contributed by atoms with Crippen molar-refractivity contribution in [2.75, 3.05) is 0 Å². The van der Waals surface area contributed by atoms with E-state index in [-0.39, 0.29) is 7.43 Å². The van der Waals surface area contributed by atoms with Crippen LogP contribution in [0.2, 0.25) is 0 Å². The Hall–Kier alpha value is -2.73. The summed E-state index contributed by atoms with van der Waals surface area (Å²) in [6, 6.07) is 0. The number of aliphatic carboxylic acids is 4. The first-order valence-electron chi connectivity index (χ1n) is 4.54. The van der Waals surface area contributed by atoms with Crippen LogP contribution in [0.4, 0.5) is 0 Å². The lowest BCUT2D eigenvalue weighted by Gasteiger charge is -1.95. The quantitative estimate of drug-likeness (QED) is 0.284. The van der Waals surface area contributed by atoms with Crippen LogP contribution in [0.25, 0.3) is 0 Å². The van der Waals surface area contributed by atoms with Crippen LogP contribution in [0, 0.1) is 11.8 Å². The first kappa shape index (κ1) is 23.4. The molecule has 10 heteroatoms. The van der Waals surface area contributed by atoms with Gasteiger partial charge in [-0.25, -0.2) is 9.59 Å². The van der Waals surface area contributed by atoms with Crippen LogP contribution < -0.4 is 0 Å². The molecule has 0 aromatic rings. The van der Waals surface area contributed by atoms with Gasteiger partial charge in [0.15, 0.2) is 5.03 Å². The molecule has 0 aromatic carbocycles. The number of aliphatic hydroxyl groups is 1. The van der Waals surface area contributed by atoms with E-state index in [0.717, 1.165) is 0 Å². The van der Waals surface area contributed by atoms with Crippen LogP contribution in [0.5, 0.6) is 0 Å². The van der Waals surface area contributed by atoms with Gasteiger partial charge in [0.25, 0.3) is 0 Å². The maximum atomic E-state index is 9.98. The van der Waals surface area contributed by atoms with Crippen LogP contribution in [0.3, 0.4) is 0 Å². The van der Waals surface area contributed by atoms with Crippen molar-refractivity contribution in [1.82, 2.24) is 0 Å². The summed E-state index contributed by atoms with van der Waals surface area (Å²) in [6.07, 6.45) is -1.21. The first-order valence-corrected chi connectivity index (χ1v) is 4.92. The van der Waals surface area contributed by atoms with Gasteiger partial charge in [-0.3, -0.25) is 9.59 Å². The van der Waals surface area contributed by atoms with Crippen molar-refractivity contribution in [3.8, 4) is 11.8 Å². The number of carboxylic acid groups (broad SMARTS) is 4. The predicted octanol–water partition coefficient (Wildman–Crippen LogP) is 0.739. The van der Waals surface area contributed by atoms with Gasteiger partial charge in [-0.2, -0.15) is 0 Å². The van der Waals surface area contributed by atoms with Crippen molar-refractivity contribution in [1.29, 1.82) is 0 Å². The molecule has 0 atom stereocenters. The third-order valence-electron chi connectivity index (χ3n) is 1.19. The number of carbonyl (C=O) groups is 4. The summed E-state index contributed by atoms with van der Waals surface area (Å²) < 4.78 is 0. The maximum absolute atomic E-state index is 9.98. The zero-order valence-corrected chi connectivity index (χ0v) is 10.4. The number of hydrogen-bond donors (Lipinski definition) is 5. The number of carboxylic acids is 4. The van der Waals surface area contributed by atoms with Crippen molar-refractivity contribution in [2.45, 2.75) is 20.3 Å². The Kier molecular flexibility index (Phi) is 13.7. The first-order chi connectivity index (χ1) is 9.07. The molecule has 0 aromatic heterocycles. The SMILES string of the molecule is C.O=C(O)C#CCC(=O)O.O=C(O)C/C(O)=C(\Cl)C(=O)O. The highest BCUT2D eigenvalue weighted by Gasteiger charge is 2.13. The van der Waals surface area contributed by atoms with Crippen LogP contribution in [-0.2, 0) is 19.2 Å². The van der Waals surface area contributed by atoms with Gasteiger partial charge in [-0.1, -0.05) is 24.9 Å². The second-order valence-electron chi connectivity index (χ2n) is 2.81. The van der Waals surface area contributed by atoms with Crippen LogP contribution in [0.1, 0.15) is 20.3 Å². The van der Waals surface area contributed by atoms with Crippen molar-refractivity contribution >= 4 is 35.5 Å². The molecule has 0 saturated carbocycles. The topological polar surface area (TPSA) is 169 Å². The van der Waals surface area contributed by atoms with Gasteiger partial charge in [0, 0.05) is 5.92 Å². The van der Waals surface area contributed by atoms with Gasteiger partial charge < -0.3 is 25.5 Å². The lowest BCUT2D eigenvalue weighted by atomic mass is 10.3. The minimum atomic E-state index is -1.55. The van der Waals surface area contributed by atoms with E-state index in [0.29, 0.717) is 0 Å². The van der Waals surface area contributed by atoms with E-state index >= 15 is 0 Å². The molecule has 0 saturated heterocycles. The molecule has 0 aliphatic carbocycles. The average molecular weight is 325 g/mol. The van der Waals surface area contributed by atoms with Crippen LogP contribution >= 0.6 is 11.6 Å². The van der Waals surface area contributed by atoms with Gasteiger partial charge in [0.1, 0.15) is 18.6 Å². The molecule has 0 amide bonds. The number of aliphatic hydroxyl groups excluding tert-OH is 1. The Morgan fingerprint density at radius 1 is 0.905 bits per heavy atom. The molecule has 0 aliphatic rings. The van der Waals surface area contributed by atoms with E-state index in [4.69, 9.17) is 37.1 Å². The van der Waals surface area contributed by atoms with Crippen molar-refractivity contribution < 1.29 is 44.7 Å². The fourth-order valence-corrected chi connectivity index (χ4v) is 0.607. The minimum Gasteiger partial charge on any atom is -0.510 e. The molecule has 118 valence electrons. The molecule has 0 fully saturated rings. The van der Waals surface area contributed by atoms with E-state index in [2.05, 4.69) is 0 Å². The highest BCUT2D eigenvalue weighted by atomic mass is 35.5. The lowest BCUT2D eigenvalue weighted by Crippen LogP contribution is -2.03. The predicted molar refractivity (Wildman–Crippen MR) is 69.8 cm³/mol. The van der Waals surface area contributed by atoms with Crippen molar-refractivity contribution in [2.24, 2.45) is 0 Å². The summed E-state index contributed by atoms with van der Waals surface area (Å²) >= 11 is 4.98. The van der Waals surface area contributed by atoms with E-state index in [1.807, 2.05) is 5.92 Å². The normalized spacial score (nSPS) is 9.38. The maximum Gasteiger partial charge on any atom is 0.381 e. The third kappa shape index (κ3) is 17.3. The van der Waals surface area contributed by atoms with Crippen LogP contribution in [0.15, 0.2) is 10.8 Å². The summed E-state index contributed by atoms with van der Waals surface area (Å²) in [4.78, 5) is 39.2. The van der Waals surface area contributed by atoms with Gasteiger partial charge >= 0.3 is 23.9 Å². The standard InChI is InChI=1S/C5H5ClO5.C5H4O4.CH4/c6-4(5(10)11)2(7)1-3(8)9;6-4(7)2-1-3-5(8)9;/h7H,1H2,(H,8,9)(H,10,11);2H2,(H,6,7)(H,8,9);1H4/b4-2+;;.